The zero-order valence-electron chi connectivity index (χ0n) is 16.7. The van der Waals surface area contributed by atoms with E-state index in [4.69, 9.17) is 5.73 Å². The first kappa shape index (κ1) is 20.4. The Kier molecular flexibility index (Phi) is 4.90. The van der Waals surface area contributed by atoms with Gasteiger partial charge in [0, 0.05) is 22.9 Å². The first-order chi connectivity index (χ1) is 14.7. The molecular weight excluding hydrogens is 416 g/mol. The Balaban J connectivity index is 2.22. The van der Waals surface area contributed by atoms with Gasteiger partial charge in [-0.05, 0) is 36.2 Å². The zero-order valence-corrected chi connectivity index (χ0v) is 17.6. The van der Waals surface area contributed by atoms with Gasteiger partial charge in [0.25, 0.3) is 5.56 Å². The summed E-state index contributed by atoms with van der Waals surface area (Å²) >= 11 is 0. The van der Waals surface area contributed by atoms with Crippen LogP contribution in [0.4, 0.5) is 0 Å². The van der Waals surface area contributed by atoms with Crippen LogP contribution < -0.4 is 11.3 Å². The predicted molar refractivity (Wildman–Crippen MR) is 117 cm³/mol. The van der Waals surface area contributed by atoms with Crippen molar-refractivity contribution in [1.29, 1.82) is 0 Å². The predicted octanol–water partition coefficient (Wildman–Crippen LogP) is 2.26. The second kappa shape index (κ2) is 7.44. The van der Waals surface area contributed by atoms with E-state index in [2.05, 4.69) is 10.2 Å². The molecule has 1 amide bonds. The number of pyridine rings is 1. The molecule has 0 spiro atoms. The van der Waals surface area contributed by atoms with Gasteiger partial charge in [-0.1, -0.05) is 30.3 Å². The number of primary amides is 1. The normalized spacial score (nSPS) is 11.5. The van der Waals surface area contributed by atoms with Gasteiger partial charge in [0.05, 0.1) is 28.4 Å². The van der Waals surface area contributed by atoms with Crippen molar-refractivity contribution < 1.29 is 13.2 Å². The third-order valence-corrected chi connectivity index (χ3v) is 6.17. The lowest BCUT2D eigenvalue weighted by Gasteiger charge is -2.17. The fourth-order valence-corrected chi connectivity index (χ4v) is 4.82. The summed E-state index contributed by atoms with van der Waals surface area (Å²) in [6.07, 6.45) is 3.74. The van der Waals surface area contributed by atoms with Crippen LogP contribution in [-0.4, -0.2) is 35.3 Å². The van der Waals surface area contributed by atoms with E-state index < -0.39 is 21.3 Å². The second-order valence-corrected chi connectivity index (χ2v) is 9.09. The van der Waals surface area contributed by atoms with E-state index >= 15 is 0 Å². The minimum Gasteiger partial charge on any atom is -0.366 e. The fourth-order valence-electron chi connectivity index (χ4n) is 3.69. The molecule has 2 aromatic heterocycles. The number of aryl methyl sites for hydroxylation is 1. The van der Waals surface area contributed by atoms with Crippen LogP contribution in [0.5, 0.6) is 0 Å². The van der Waals surface area contributed by atoms with Gasteiger partial charge in [0.1, 0.15) is 0 Å². The van der Waals surface area contributed by atoms with E-state index in [9.17, 15) is 18.0 Å². The molecule has 31 heavy (non-hydrogen) atoms. The molecule has 9 heteroatoms. The molecule has 2 aromatic carbocycles. The van der Waals surface area contributed by atoms with E-state index in [1.807, 2.05) is 6.07 Å². The standard InChI is InChI=1S/C22H18N4O4S/c1-13-10-14(8-9-16(13)21(23)27)19-20(31(2,29)30)17-11-24-25-12-18(17)26(22(19)28)15-6-4-3-5-7-15/h3-12H,1-2H3,(H2,23,27). The topological polar surface area (TPSA) is 125 Å². The maximum atomic E-state index is 13.7. The van der Waals surface area contributed by atoms with Gasteiger partial charge in [-0.2, -0.15) is 10.2 Å². The largest absolute Gasteiger partial charge is 0.366 e. The molecule has 4 aromatic rings. The quantitative estimate of drug-likeness (QED) is 0.525. The monoisotopic (exact) mass is 434 g/mol. The van der Waals surface area contributed by atoms with E-state index in [0.29, 0.717) is 27.9 Å². The van der Waals surface area contributed by atoms with Crippen LogP contribution in [0, 0.1) is 6.92 Å². The Morgan fingerprint density at radius 3 is 2.32 bits per heavy atom. The summed E-state index contributed by atoms with van der Waals surface area (Å²) in [5.74, 6) is -0.608. The molecule has 0 unspecified atom stereocenters. The third kappa shape index (κ3) is 3.49. The summed E-state index contributed by atoms with van der Waals surface area (Å²) in [6, 6.07) is 13.4. The van der Waals surface area contributed by atoms with E-state index in [1.54, 1.807) is 37.3 Å². The summed E-state index contributed by atoms with van der Waals surface area (Å²) in [5, 5.41) is 7.98. The molecule has 0 atom stereocenters. The highest BCUT2D eigenvalue weighted by molar-refractivity contribution is 7.91. The van der Waals surface area contributed by atoms with E-state index in [-0.39, 0.29) is 15.8 Å². The number of sulfone groups is 1. The van der Waals surface area contributed by atoms with Crippen molar-refractivity contribution in [3.63, 3.8) is 0 Å². The van der Waals surface area contributed by atoms with Crippen molar-refractivity contribution in [1.82, 2.24) is 14.8 Å². The molecule has 0 saturated carbocycles. The van der Waals surface area contributed by atoms with Gasteiger partial charge in [-0.15, -0.1) is 0 Å². The summed E-state index contributed by atoms with van der Waals surface area (Å²) in [6.45, 7) is 1.67. The first-order valence-electron chi connectivity index (χ1n) is 9.26. The number of carbonyl (C=O) groups is 1. The molecule has 0 aliphatic heterocycles. The SMILES string of the molecule is Cc1cc(-c2c(S(C)(=O)=O)c3cnncc3n(-c3ccccc3)c2=O)ccc1C(N)=O. The maximum Gasteiger partial charge on any atom is 0.264 e. The summed E-state index contributed by atoms with van der Waals surface area (Å²) in [7, 11) is -3.84. The Morgan fingerprint density at radius 2 is 1.71 bits per heavy atom. The molecule has 8 nitrogen and oxygen atoms in total. The van der Waals surface area contributed by atoms with Crippen LogP contribution in [0.25, 0.3) is 27.7 Å². The molecule has 0 aliphatic rings. The number of hydrogen-bond donors (Lipinski definition) is 1. The van der Waals surface area contributed by atoms with E-state index in [1.165, 1.54) is 29.1 Å². The number of para-hydroxylation sites is 1. The number of hydrogen-bond acceptors (Lipinski definition) is 6. The third-order valence-electron chi connectivity index (χ3n) is 5.00. The number of fused-ring (bicyclic) bond motifs is 1. The Bertz CT molecular complexity index is 1510. The molecule has 0 radical (unpaired) electrons. The lowest BCUT2D eigenvalue weighted by atomic mass is 9.99. The van der Waals surface area contributed by atoms with Gasteiger partial charge >= 0.3 is 0 Å². The lowest BCUT2D eigenvalue weighted by molar-refractivity contribution is 0.0999. The van der Waals surface area contributed by atoms with Crippen LogP contribution >= 0.6 is 0 Å². The minimum atomic E-state index is -3.84. The second-order valence-electron chi connectivity index (χ2n) is 7.13. The number of carbonyl (C=O) groups excluding carboxylic acids is 1. The van der Waals surface area contributed by atoms with Crippen LogP contribution in [0.1, 0.15) is 15.9 Å². The molecule has 2 heterocycles. The van der Waals surface area contributed by atoms with Gasteiger partial charge in [0.15, 0.2) is 9.84 Å². The number of benzene rings is 2. The summed E-state index contributed by atoms with van der Waals surface area (Å²) < 4.78 is 27.1. The van der Waals surface area contributed by atoms with Crippen molar-refractivity contribution in [2.24, 2.45) is 5.73 Å². The van der Waals surface area contributed by atoms with Crippen molar-refractivity contribution in [2.75, 3.05) is 6.26 Å². The van der Waals surface area contributed by atoms with E-state index in [0.717, 1.165) is 6.26 Å². The summed E-state index contributed by atoms with van der Waals surface area (Å²) in [5.41, 5.74) is 6.91. The average molecular weight is 434 g/mol. The highest BCUT2D eigenvalue weighted by Crippen LogP contribution is 2.32. The molecule has 0 saturated heterocycles. The molecule has 156 valence electrons. The summed E-state index contributed by atoms with van der Waals surface area (Å²) in [4.78, 5) is 25.2. The van der Waals surface area contributed by atoms with Gasteiger partial charge in [-0.3, -0.25) is 14.2 Å². The van der Waals surface area contributed by atoms with Gasteiger partial charge in [0.2, 0.25) is 5.91 Å². The highest BCUT2D eigenvalue weighted by atomic mass is 32.2. The fraction of sp³-hybridized carbons (Fsp3) is 0.0909. The first-order valence-corrected chi connectivity index (χ1v) is 11.1. The smallest absolute Gasteiger partial charge is 0.264 e. The van der Waals surface area contributed by atoms with Crippen LogP contribution in [-0.2, 0) is 9.84 Å². The number of nitrogens with two attached hydrogens (primary N) is 1. The number of nitrogens with zero attached hydrogens (tertiary/aromatic N) is 3. The Morgan fingerprint density at radius 1 is 1.03 bits per heavy atom. The number of rotatable bonds is 4. The number of amides is 1. The zero-order chi connectivity index (χ0) is 22.3. The Hall–Kier alpha value is -3.85. The number of aromatic nitrogens is 3. The van der Waals surface area contributed by atoms with Crippen molar-refractivity contribution in [3.05, 3.63) is 82.4 Å². The van der Waals surface area contributed by atoms with Crippen molar-refractivity contribution >= 4 is 26.6 Å². The van der Waals surface area contributed by atoms with Crippen LogP contribution in [0.15, 0.2) is 70.6 Å². The molecule has 4 rings (SSSR count). The minimum absolute atomic E-state index is 0.00836. The lowest BCUT2D eigenvalue weighted by Crippen LogP contribution is -2.24. The molecular formula is C22H18N4O4S. The molecule has 2 N–H and O–H groups in total. The van der Waals surface area contributed by atoms with Crippen molar-refractivity contribution in [3.8, 4) is 16.8 Å². The molecule has 0 aliphatic carbocycles. The van der Waals surface area contributed by atoms with Crippen LogP contribution in [0.3, 0.4) is 0 Å². The van der Waals surface area contributed by atoms with Crippen molar-refractivity contribution in [2.45, 2.75) is 11.8 Å². The Labute approximate surface area is 177 Å². The highest BCUT2D eigenvalue weighted by Gasteiger charge is 2.26. The molecule has 0 fully saturated rings. The average Bonchev–Trinajstić information content (AvgIpc) is 2.72. The van der Waals surface area contributed by atoms with Crippen LogP contribution in [0.2, 0.25) is 0 Å². The van der Waals surface area contributed by atoms with Gasteiger partial charge < -0.3 is 5.73 Å². The van der Waals surface area contributed by atoms with Gasteiger partial charge in [-0.25, -0.2) is 8.42 Å². The maximum absolute atomic E-state index is 13.7. The molecule has 0 bridgehead atoms.